The first-order valence-electron chi connectivity index (χ1n) is 8.21. The molecule has 0 aromatic heterocycles. The maximum Gasteiger partial charge on any atom is 0.344 e. The molecule has 6 nitrogen and oxygen atoms in total. The molecule has 0 aliphatic carbocycles. The van der Waals surface area contributed by atoms with Crippen LogP contribution in [0.5, 0.6) is 0 Å². The summed E-state index contributed by atoms with van der Waals surface area (Å²) < 4.78 is 0. The number of benzene rings is 2. The van der Waals surface area contributed by atoms with E-state index in [2.05, 4.69) is 5.43 Å². The van der Waals surface area contributed by atoms with Gasteiger partial charge in [-0.2, -0.15) is 5.43 Å². The second-order valence-corrected chi connectivity index (χ2v) is 6.59. The average molecular weight is 402 g/mol. The number of carbonyl (C=O) groups is 2. The van der Waals surface area contributed by atoms with Crippen molar-refractivity contribution >= 4 is 46.2 Å². The van der Waals surface area contributed by atoms with Crippen molar-refractivity contribution in [3.63, 3.8) is 0 Å². The number of carbonyl (C=O) groups excluding carboxylic acids is 2. The van der Waals surface area contributed by atoms with Gasteiger partial charge in [0, 0.05) is 18.2 Å². The van der Waals surface area contributed by atoms with E-state index in [0.717, 1.165) is 11.1 Å². The van der Waals surface area contributed by atoms with Gasteiger partial charge in [0.1, 0.15) is 11.4 Å². The van der Waals surface area contributed by atoms with Gasteiger partial charge in [0.15, 0.2) is 4.99 Å². The summed E-state index contributed by atoms with van der Waals surface area (Å²) in [6.45, 7) is 0. The van der Waals surface area contributed by atoms with E-state index >= 15 is 0 Å². The van der Waals surface area contributed by atoms with Gasteiger partial charge in [-0.3, -0.25) is 15.2 Å². The van der Waals surface area contributed by atoms with Gasteiger partial charge >= 0.3 is 5.91 Å². The standard InChI is InChI=1S/C19H20N4O2S2/c1-22(18(26)14-9-5-3-6-10-14)20-16(24)13-17(25)21-23(2)19(27)15-11-7-4-8-12-15/h3-12H,13H2,1-2H3,(H,20,24)(H,21,25)/p+1. The molecule has 0 saturated heterocycles. The van der Waals surface area contributed by atoms with Crippen molar-refractivity contribution in [3.8, 4) is 0 Å². The fraction of sp³-hybridized carbons (Fsp3) is 0.158. The van der Waals surface area contributed by atoms with Crippen LogP contribution in [0.4, 0.5) is 0 Å². The molecule has 0 spiro atoms. The zero-order chi connectivity index (χ0) is 19.8. The summed E-state index contributed by atoms with van der Waals surface area (Å²) in [5.41, 5.74) is 5.56. The van der Waals surface area contributed by atoms with Crippen LogP contribution in [0.1, 0.15) is 17.5 Å². The molecule has 0 aliphatic heterocycles. The molecule has 0 bridgehead atoms. The Morgan fingerprint density at radius 1 is 0.889 bits per heavy atom. The van der Waals surface area contributed by atoms with Crippen molar-refractivity contribution in [1.29, 1.82) is 0 Å². The van der Waals surface area contributed by atoms with Gasteiger partial charge in [0.25, 0.3) is 5.91 Å². The predicted octanol–water partition coefficient (Wildman–Crippen LogP) is 1.03. The van der Waals surface area contributed by atoms with Crippen LogP contribution >= 0.6 is 24.4 Å². The van der Waals surface area contributed by atoms with E-state index in [9.17, 15) is 9.59 Å². The average Bonchev–Trinajstić information content (AvgIpc) is 2.67. The lowest BCUT2D eigenvalue weighted by molar-refractivity contribution is -0.699. The van der Waals surface area contributed by atoms with Gasteiger partial charge in [-0.05, 0) is 0 Å². The van der Waals surface area contributed by atoms with Crippen LogP contribution in [0, 0.1) is 0 Å². The van der Waals surface area contributed by atoms with E-state index in [4.69, 9.17) is 24.4 Å². The summed E-state index contributed by atoms with van der Waals surface area (Å²) in [5.74, 6) is -0.802. The Labute approximate surface area is 169 Å². The molecule has 2 aromatic rings. The zero-order valence-electron chi connectivity index (χ0n) is 15.1. The normalized spacial score (nSPS) is 10.0. The first-order valence-corrected chi connectivity index (χ1v) is 9.02. The largest absolute Gasteiger partial charge is 0.344 e. The number of thiocarbonyl (C=S) groups is 2. The van der Waals surface area contributed by atoms with Crippen LogP contribution in [0.25, 0.3) is 0 Å². The molecule has 0 atom stereocenters. The van der Waals surface area contributed by atoms with E-state index in [1.54, 1.807) is 19.1 Å². The third-order valence-electron chi connectivity index (χ3n) is 3.63. The number of hydrazine groups is 1. The number of nitrogens with two attached hydrogens (primary N) is 1. The SMILES string of the molecule is CN(NC(=O)CC(=O)[NH2+]N(C)C(=S)c1ccccc1)C(=S)c1ccccc1. The van der Waals surface area contributed by atoms with E-state index < -0.39 is 5.91 Å². The molecule has 0 unspecified atom stereocenters. The van der Waals surface area contributed by atoms with Gasteiger partial charge < -0.3 is 0 Å². The Morgan fingerprint density at radius 2 is 1.37 bits per heavy atom. The number of hydrogen-bond acceptors (Lipinski definition) is 4. The minimum atomic E-state index is -0.448. The topological polar surface area (TPSA) is 69.3 Å². The van der Waals surface area contributed by atoms with Gasteiger partial charge in [-0.15, -0.1) is 0 Å². The molecule has 0 heterocycles. The molecule has 2 amide bonds. The Morgan fingerprint density at radius 3 is 1.89 bits per heavy atom. The summed E-state index contributed by atoms with van der Waals surface area (Å²) in [7, 11) is 3.32. The fourth-order valence-electron chi connectivity index (χ4n) is 2.31. The second kappa shape index (κ2) is 9.86. The van der Waals surface area contributed by atoms with Crippen LogP contribution in [0.3, 0.4) is 0 Å². The lowest BCUT2D eigenvalue weighted by atomic mass is 10.2. The van der Waals surface area contributed by atoms with Gasteiger partial charge in [-0.25, -0.2) is 9.80 Å². The van der Waals surface area contributed by atoms with Gasteiger partial charge in [0.05, 0.1) is 7.05 Å². The smallest absolute Gasteiger partial charge is 0.277 e. The minimum absolute atomic E-state index is 0.302. The van der Waals surface area contributed by atoms with E-state index in [1.807, 2.05) is 60.7 Å². The monoisotopic (exact) mass is 401 g/mol. The Bertz CT molecular complexity index is 759. The molecular weight excluding hydrogens is 380 g/mol. The summed E-state index contributed by atoms with van der Waals surface area (Å²) in [6.07, 6.45) is -0.302. The summed E-state index contributed by atoms with van der Waals surface area (Å²) in [5, 5.41) is 2.97. The zero-order valence-corrected chi connectivity index (χ0v) is 16.7. The second-order valence-electron chi connectivity index (χ2n) is 5.82. The van der Waals surface area contributed by atoms with Crippen LogP contribution in [-0.4, -0.2) is 45.9 Å². The molecule has 2 rings (SSSR count). The van der Waals surface area contributed by atoms with Crippen molar-refractivity contribution in [1.82, 2.24) is 15.4 Å². The van der Waals surface area contributed by atoms with Gasteiger partial charge in [0.2, 0.25) is 0 Å². The molecule has 8 heteroatoms. The molecule has 0 aliphatic rings. The number of primary amides is 1. The molecule has 0 saturated carbocycles. The van der Waals surface area contributed by atoms with Gasteiger partial charge in [-0.1, -0.05) is 85.1 Å². The third kappa shape index (κ3) is 6.21. The molecule has 2 aromatic carbocycles. The number of amides is 2. The third-order valence-corrected chi connectivity index (χ3v) is 4.66. The number of quaternary nitrogens is 1. The van der Waals surface area contributed by atoms with Crippen molar-refractivity contribution in [2.24, 2.45) is 0 Å². The summed E-state index contributed by atoms with van der Waals surface area (Å²) in [6, 6.07) is 18.7. The Balaban J connectivity index is 1.83. The first-order chi connectivity index (χ1) is 12.9. The highest BCUT2D eigenvalue weighted by atomic mass is 32.1. The van der Waals surface area contributed by atoms with E-state index in [0.29, 0.717) is 9.98 Å². The quantitative estimate of drug-likeness (QED) is 0.345. The molecule has 0 radical (unpaired) electrons. The van der Waals surface area contributed by atoms with Crippen molar-refractivity contribution < 1.29 is 15.0 Å². The van der Waals surface area contributed by atoms with Crippen molar-refractivity contribution in [3.05, 3.63) is 71.8 Å². The number of hydrogen-bond donors (Lipinski definition) is 2. The molecule has 0 fully saturated rings. The molecule has 140 valence electrons. The summed E-state index contributed by atoms with van der Waals surface area (Å²) in [4.78, 5) is 25.2. The van der Waals surface area contributed by atoms with Crippen molar-refractivity contribution in [2.75, 3.05) is 14.1 Å². The van der Waals surface area contributed by atoms with Crippen LogP contribution in [0.2, 0.25) is 0 Å². The maximum atomic E-state index is 12.2. The number of nitrogens with one attached hydrogen (secondary N) is 1. The minimum Gasteiger partial charge on any atom is -0.277 e. The Kier molecular flexibility index (Phi) is 7.54. The fourth-order valence-corrected chi connectivity index (χ4v) is 2.69. The highest BCUT2D eigenvalue weighted by Crippen LogP contribution is 2.03. The Hall–Kier alpha value is -2.68. The lowest BCUT2D eigenvalue weighted by Crippen LogP contribution is -2.97. The van der Waals surface area contributed by atoms with E-state index in [-0.39, 0.29) is 12.3 Å². The van der Waals surface area contributed by atoms with E-state index in [1.165, 1.54) is 10.4 Å². The maximum absolute atomic E-state index is 12.2. The number of rotatable bonds is 4. The molecular formula is C19H21N4O2S2+. The summed E-state index contributed by atoms with van der Waals surface area (Å²) >= 11 is 10.7. The predicted molar refractivity (Wildman–Crippen MR) is 112 cm³/mol. The lowest BCUT2D eigenvalue weighted by Gasteiger charge is -2.21. The number of nitrogens with zero attached hydrogens (tertiary/aromatic N) is 2. The molecule has 27 heavy (non-hydrogen) atoms. The van der Waals surface area contributed by atoms with Crippen LogP contribution in [0.15, 0.2) is 60.7 Å². The first kappa shape index (κ1) is 20.6. The van der Waals surface area contributed by atoms with Crippen LogP contribution < -0.4 is 10.9 Å². The highest BCUT2D eigenvalue weighted by molar-refractivity contribution is 7.80. The highest BCUT2D eigenvalue weighted by Gasteiger charge is 2.19. The molecule has 3 N–H and O–H groups in total. The van der Waals surface area contributed by atoms with Crippen LogP contribution in [-0.2, 0) is 9.59 Å². The van der Waals surface area contributed by atoms with Crippen molar-refractivity contribution in [2.45, 2.75) is 6.42 Å².